The summed E-state index contributed by atoms with van der Waals surface area (Å²) in [4.78, 5) is 20.3. The van der Waals surface area contributed by atoms with Crippen LogP contribution in [0.1, 0.15) is 23.0 Å². The highest BCUT2D eigenvalue weighted by atomic mass is 16.5. The standard InChI is InChI=1S/C22H24N4O3/c1-15-14-21(23-12-13-29-20-10-8-19(28-3)9-11-20)26-22(24-15)25-18-6-4-17(5-7-18)16(2)27/h4-11,14H,12-13H2,1-3H3,(H2,23,24,25,26). The monoisotopic (exact) mass is 392 g/mol. The number of aryl methyl sites for hydroxylation is 1. The van der Waals surface area contributed by atoms with Crippen LogP contribution >= 0.6 is 0 Å². The molecule has 0 aliphatic carbocycles. The molecule has 150 valence electrons. The van der Waals surface area contributed by atoms with Gasteiger partial charge in [0.05, 0.1) is 13.7 Å². The molecule has 2 N–H and O–H groups in total. The molecule has 29 heavy (non-hydrogen) atoms. The quantitative estimate of drug-likeness (QED) is 0.416. The molecule has 7 heteroatoms. The normalized spacial score (nSPS) is 10.3. The maximum atomic E-state index is 11.4. The summed E-state index contributed by atoms with van der Waals surface area (Å²) in [5.74, 6) is 2.80. The molecule has 0 aliphatic heterocycles. The number of carbonyl (C=O) groups is 1. The minimum Gasteiger partial charge on any atom is -0.497 e. The summed E-state index contributed by atoms with van der Waals surface area (Å²) < 4.78 is 10.8. The first-order valence-corrected chi connectivity index (χ1v) is 9.28. The van der Waals surface area contributed by atoms with Gasteiger partial charge in [0.2, 0.25) is 5.95 Å². The second-order valence-corrected chi connectivity index (χ2v) is 6.43. The number of ketones is 1. The summed E-state index contributed by atoms with van der Waals surface area (Å²) in [7, 11) is 1.63. The second-order valence-electron chi connectivity index (χ2n) is 6.43. The van der Waals surface area contributed by atoms with Crippen molar-refractivity contribution in [3.8, 4) is 11.5 Å². The molecule has 0 bridgehead atoms. The minimum atomic E-state index is 0.0340. The SMILES string of the molecule is COc1ccc(OCCNc2cc(C)nc(Nc3ccc(C(C)=O)cc3)n2)cc1. The molecule has 0 unspecified atom stereocenters. The highest BCUT2D eigenvalue weighted by molar-refractivity contribution is 5.94. The predicted molar refractivity (Wildman–Crippen MR) is 113 cm³/mol. The van der Waals surface area contributed by atoms with Gasteiger partial charge in [0.25, 0.3) is 0 Å². The second kappa shape index (κ2) is 9.54. The lowest BCUT2D eigenvalue weighted by atomic mass is 10.1. The van der Waals surface area contributed by atoms with Crippen molar-refractivity contribution in [2.45, 2.75) is 13.8 Å². The van der Waals surface area contributed by atoms with Gasteiger partial charge < -0.3 is 20.1 Å². The number of methoxy groups -OCH3 is 1. The number of carbonyl (C=O) groups excluding carboxylic acids is 1. The Morgan fingerprint density at radius 1 is 1.00 bits per heavy atom. The van der Waals surface area contributed by atoms with E-state index in [1.54, 1.807) is 26.2 Å². The average Bonchev–Trinajstić information content (AvgIpc) is 2.72. The van der Waals surface area contributed by atoms with Crippen molar-refractivity contribution in [3.63, 3.8) is 0 Å². The van der Waals surface area contributed by atoms with E-state index in [1.165, 1.54) is 0 Å². The maximum Gasteiger partial charge on any atom is 0.229 e. The van der Waals surface area contributed by atoms with Crippen LogP contribution in [0.15, 0.2) is 54.6 Å². The van der Waals surface area contributed by atoms with Gasteiger partial charge in [-0.15, -0.1) is 0 Å². The zero-order valence-electron chi connectivity index (χ0n) is 16.7. The number of nitrogens with zero attached hydrogens (tertiary/aromatic N) is 2. The summed E-state index contributed by atoms with van der Waals surface area (Å²) in [6.45, 7) is 4.53. The molecule has 0 amide bonds. The summed E-state index contributed by atoms with van der Waals surface area (Å²) in [6, 6.07) is 16.5. The van der Waals surface area contributed by atoms with E-state index in [9.17, 15) is 4.79 Å². The van der Waals surface area contributed by atoms with E-state index in [0.717, 1.165) is 22.9 Å². The number of hydrogen-bond acceptors (Lipinski definition) is 7. The molecule has 1 heterocycles. The molecule has 0 saturated heterocycles. The Labute approximate surface area is 170 Å². The number of ether oxygens (including phenoxy) is 2. The van der Waals surface area contributed by atoms with Gasteiger partial charge in [-0.05, 0) is 62.4 Å². The molecule has 0 saturated carbocycles. The molecule has 0 fully saturated rings. The lowest BCUT2D eigenvalue weighted by Gasteiger charge is -2.11. The van der Waals surface area contributed by atoms with Crippen molar-refractivity contribution in [3.05, 3.63) is 65.9 Å². The molecular weight excluding hydrogens is 368 g/mol. The van der Waals surface area contributed by atoms with E-state index in [2.05, 4.69) is 20.6 Å². The van der Waals surface area contributed by atoms with Crippen molar-refractivity contribution >= 4 is 23.2 Å². The van der Waals surface area contributed by atoms with Crippen LogP contribution < -0.4 is 20.1 Å². The zero-order valence-corrected chi connectivity index (χ0v) is 16.7. The van der Waals surface area contributed by atoms with Gasteiger partial charge in [0, 0.05) is 23.0 Å². The Morgan fingerprint density at radius 2 is 1.69 bits per heavy atom. The molecule has 7 nitrogen and oxygen atoms in total. The van der Waals surface area contributed by atoms with Gasteiger partial charge in [0.15, 0.2) is 5.78 Å². The Hall–Kier alpha value is -3.61. The van der Waals surface area contributed by atoms with Crippen molar-refractivity contribution in [1.82, 2.24) is 9.97 Å². The van der Waals surface area contributed by atoms with E-state index in [0.29, 0.717) is 30.5 Å². The van der Waals surface area contributed by atoms with Crippen molar-refractivity contribution in [1.29, 1.82) is 0 Å². The van der Waals surface area contributed by atoms with E-state index in [1.807, 2.05) is 49.4 Å². The summed E-state index contributed by atoms with van der Waals surface area (Å²) >= 11 is 0. The van der Waals surface area contributed by atoms with Gasteiger partial charge >= 0.3 is 0 Å². The van der Waals surface area contributed by atoms with Crippen LogP contribution in [0.5, 0.6) is 11.5 Å². The Balaban J connectivity index is 1.54. The van der Waals surface area contributed by atoms with Crippen molar-refractivity contribution in [2.75, 3.05) is 30.9 Å². The highest BCUT2D eigenvalue weighted by Gasteiger charge is 2.04. The van der Waals surface area contributed by atoms with Crippen LogP contribution in [-0.4, -0.2) is 36.0 Å². The van der Waals surface area contributed by atoms with Crippen LogP contribution in [0.25, 0.3) is 0 Å². The first-order valence-electron chi connectivity index (χ1n) is 9.28. The van der Waals surface area contributed by atoms with E-state index in [4.69, 9.17) is 9.47 Å². The zero-order chi connectivity index (χ0) is 20.6. The molecule has 0 spiro atoms. The molecule has 3 aromatic rings. The predicted octanol–water partition coefficient (Wildman–Crippen LogP) is 4.23. The molecule has 1 aromatic heterocycles. The van der Waals surface area contributed by atoms with Crippen molar-refractivity contribution < 1.29 is 14.3 Å². The third kappa shape index (κ3) is 5.93. The number of benzene rings is 2. The Morgan fingerprint density at radius 3 is 2.34 bits per heavy atom. The minimum absolute atomic E-state index is 0.0340. The van der Waals surface area contributed by atoms with Gasteiger partial charge in [0.1, 0.15) is 23.9 Å². The molecule has 2 aromatic carbocycles. The van der Waals surface area contributed by atoms with E-state index in [-0.39, 0.29) is 5.78 Å². The lowest BCUT2D eigenvalue weighted by Crippen LogP contribution is -2.13. The molecular formula is C22H24N4O3. The number of aromatic nitrogens is 2. The van der Waals surface area contributed by atoms with Crippen LogP contribution in [-0.2, 0) is 0 Å². The van der Waals surface area contributed by atoms with Gasteiger partial charge in [-0.25, -0.2) is 4.98 Å². The van der Waals surface area contributed by atoms with Crippen LogP contribution in [0.2, 0.25) is 0 Å². The fraction of sp³-hybridized carbons (Fsp3) is 0.227. The summed E-state index contributed by atoms with van der Waals surface area (Å²) in [6.07, 6.45) is 0. The average molecular weight is 392 g/mol. The number of rotatable bonds is 9. The van der Waals surface area contributed by atoms with E-state index < -0.39 is 0 Å². The van der Waals surface area contributed by atoms with E-state index >= 15 is 0 Å². The van der Waals surface area contributed by atoms with Crippen LogP contribution in [0.4, 0.5) is 17.5 Å². The largest absolute Gasteiger partial charge is 0.497 e. The van der Waals surface area contributed by atoms with Crippen molar-refractivity contribution in [2.24, 2.45) is 0 Å². The summed E-state index contributed by atoms with van der Waals surface area (Å²) in [5, 5.41) is 6.40. The van der Waals surface area contributed by atoms with Crippen LogP contribution in [0, 0.1) is 6.92 Å². The van der Waals surface area contributed by atoms with Gasteiger partial charge in [-0.3, -0.25) is 4.79 Å². The Kier molecular flexibility index (Phi) is 6.63. The van der Waals surface area contributed by atoms with Crippen LogP contribution in [0.3, 0.4) is 0 Å². The fourth-order valence-electron chi connectivity index (χ4n) is 2.65. The summed E-state index contributed by atoms with van der Waals surface area (Å²) in [5.41, 5.74) is 2.32. The third-order valence-corrected chi connectivity index (χ3v) is 4.14. The molecule has 0 atom stereocenters. The number of anilines is 3. The molecule has 3 rings (SSSR count). The van der Waals surface area contributed by atoms with Gasteiger partial charge in [-0.1, -0.05) is 0 Å². The third-order valence-electron chi connectivity index (χ3n) is 4.14. The number of nitrogens with one attached hydrogen (secondary N) is 2. The molecule has 0 aliphatic rings. The first-order chi connectivity index (χ1) is 14.0. The Bertz CT molecular complexity index is 957. The highest BCUT2D eigenvalue weighted by Crippen LogP contribution is 2.18. The number of Topliss-reactive ketones (excluding diaryl/α,β-unsaturated/α-hetero) is 1. The smallest absolute Gasteiger partial charge is 0.229 e. The maximum absolute atomic E-state index is 11.4. The first kappa shape index (κ1) is 20.1. The fourth-order valence-corrected chi connectivity index (χ4v) is 2.65. The topological polar surface area (TPSA) is 85.4 Å². The van der Waals surface area contributed by atoms with Gasteiger partial charge in [-0.2, -0.15) is 4.98 Å². The lowest BCUT2D eigenvalue weighted by molar-refractivity contribution is 0.101. The molecule has 0 radical (unpaired) electrons. The number of hydrogen-bond donors (Lipinski definition) is 2.